The lowest BCUT2D eigenvalue weighted by Gasteiger charge is -2.18. The van der Waals surface area contributed by atoms with E-state index >= 15 is 0 Å². The second kappa shape index (κ2) is 9.31. The summed E-state index contributed by atoms with van der Waals surface area (Å²) in [5.41, 5.74) is 0.474. The fourth-order valence-electron chi connectivity index (χ4n) is 2.66. The molecule has 0 aromatic heterocycles. The van der Waals surface area contributed by atoms with Crippen molar-refractivity contribution in [3.05, 3.63) is 12.2 Å². The molecule has 0 aromatic rings. The molecule has 128 valence electrons. The van der Waals surface area contributed by atoms with Crippen molar-refractivity contribution < 1.29 is 19.0 Å². The van der Waals surface area contributed by atoms with Crippen molar-refractivity contribution in [3.63, 3.8) is 0 Å². The van der Waals surface area contributed by atoms with Crippen molar-refractivity contribution in [2.24, 2.45) is 0 Å². The maximum Gasteiger partial charge on any atom is 0.333 e. The first-order valence-corrected chi connectivity index (χ1v) is 8.52. The molecule has 2 unspecified atom stereocenters. The zero-order valence-electron chi connectivity index (χ0n) is 14.7. The summed E-state index contributed by atoms with van der Waals surface area (Å²) < 4.78 is 16.8. The third-order valence-electron chi connectivity index (χ3n) is 3.85. The monoisotopic (exact) mass is 312 g/mol. The molecule has 22 heavy (non-hydrogen) atoms. The number of esters is 1. The molecule has 1 heterocycles. The van der Waals surface area contributed by atoms with Crippen LogP contribution in [0.25, 0.3) is 0 Å². The molecule has 2 atom stereocenters. The summed E-state index contributed by atoms with van der Waals surface area (Å²) in [6.07, 6.45) is 7.49. The number of hydrogen-bond donors (Lipinski definition) is 0. The topological polar surface area (TPSA) is 44.8 Å². The van der Waals surface area contributed by atoms with E-state index in [4.69, 9.17) is 14.2 Å². The Labute approximate surface area is 135 Å². The van der Waals surface area contributed by atoms with Gasteiger partial charge in [0.1, 0.15) is 6.10 Å². The molecule has 4 heteroatoms. The molecular formula is C18H32O4. The summed E-state index contributed by atoms with van der Waals surface area (Å²) in [4.78, 5) is 11.6. The number of hydrogen-bond acceptors (Lipinski definition) is 4. The van der Waals surface area contributed by atoms with Gasteiger partial charge in [-0.2, -0.15) is 0 Å². The van der Waals surface area contributed by atoms with E-state index in [1.54, 1.807) is 6.92 Å². The van der Waals surface area contributed by atoms with Crippen molar-refractivity contribution in [1.29, 1.82) is 0 Å². The SMILES string of the molecule is C=C(C)C(=O)OC(CCC)CCCCCC1COC(C)(C)O1. The summed E-state index contributed by atoms with van der Waals surface area (Å²) in [6.45, 7) is 12.0. The fraction of sp³-hybridized carbons (Fsp3) is 0.833. The first-order chi connectivity index (χ1) is 10.3. The minimum absolute atomic E-state index is 0.0270. The Balaban J connectivity index is 2.15. The maximum absolute atomic E-state index is 11.6. The lowest BCUT2D eigenvalue weighted by atomic mass is 10.0. The van der Waals surface area contributed by atoms with Crippen LogP contribution >= 0.6 is 0 Å². The summed E-state index contributed by atoms with van der Waals surface area (Å²) in [5.74, 6) is -0.689. The molecule has 1 aliphatic heterocycles. The number of carbonyl (C=O) groups is 1. The summed E-state index contributed by atoms with van der Waals surface area (Å²) in [5, 5.41) is 0. The van der Waals surface area contributed by atoms with E-state index in [9.17, 15) is 4.79 Å². The van der Waals surface area contributed by atoms with E-state index in [-0.39, 0.29) is 18.2 Å². The Morgan fingerprint density at radius 1 is 1.32 bits per heavy atom. The molecule has 0 spiro atoms. The van der Waals surface area contributed by atoms with Gasteiger partial charge < -0.3 is 14.2 Å². The van der Waals surface area contributed by atoms with Crippen molar-refractivity contribution in [2.45, 2.75) is 90.6 Å². The highest BCUT2D eigenvalue weighted by atomic mass is 16.7. The minimum atomic E-state index is -0.423. The van der Waals surface area contributed by atoms with E-state index in [2.05, 4.69) is 13.5 Å². The largest absolute Gasteiger partial charge is 0.459 e. The molecule has 1 aliphatic rings. The molecule has 0 saturated carbocycles. The molecule has 4 nitrogen and oxygen atoms in total. The molecule has 1 rings (SSSR count). The van der Waals surface area contributed by atoms with Crippen LogP contribution in [0.2, 0.25) is 0 Å². The Morgan fingerprint density at radius 3 is 2.59 bits per heavy atom. The van der Waals surface area contributed by atoms with Crippen molar-refractivity contribution >= 4 is 5.97 Å². The minimum Gasteiger partial charge on any atom is -0.459 e. The normalized spacial score (nSPS) is 21.5. The van der Waals surface area contributed by atoms with E-state index < -0.39 is 5.79 Å². The molecule has 0 radical (unpaired) electrons. The average Bonchev–Trinajstić information content (AvgIpc) is 2.77. The van der Waals surface area contributed by atoms with Crippen LogP contribution in [0.5, 0.6) is 0 Å². The predicted molar refractivity (Wildman–Crippen MR) is 87.6 cm³/mol. The van der Waals surface area contributed by atoms with Crippen molar-refractivity contribution in [2.75, 3.05) is 6.61 Å². The molecule has 1 fully saturated rings. The van der Waals surface area contributed by atoms with Crippen molar-refractivity contribution in [3.8, 4) is 0 Å². The third-order valence-corrected chi connectivity index (χ3v) is 3.85. The zero-order chi connectivity index (χ0) is 16.6. The Kier molecular flexibility index (Phi) is 8.12. The second-order valence-electron chi connectivity index (χ2n) is 6.69. The van der Waals surface area contributed by atoms with Gasteiger partial charge in [-0.3, -0.25) is 0 Å². The van der Waals surface area contributed by atoms with Crippen LogP contribution in [0.4, 0.5) is 0 Å². The Morgan fingerprint density at radius 2 is 2.05 bits per heavy atom. The number of ether oxygens (including phenoxy) is 3. The van der Waals surface area contributed by atoms with Crippen molar-refractivity contribution in [1.82, 2.24) is 0 Å². The summed E-state index contributed by atoms with van der Waals surface area (Å²) in [6, 6.07) is 0. The third kappa shape index (κ3) is 7.41. The molecular weight excluding hydrogens is 280 g/mol. The Bertz CT molecular complexity index is 362. The molecule has 0 N–H and O–H groups in total. The summed E-state index contributed by atoms with van der Waals surface area (Å²) in [7, 11) is 0. The van der Waals surface area contributed by atoms with Gasteiger partial charge in [0.15, 0.2) is 5.79 Å². The van der Waals surface area contributed by atoms with Crippen LogP contribution in [-0.4, -0.2) is 30.6 Å². The summed E-state index contributed by atoms with van der Waals surface area (Å²) >= 11 is 0. The predicted octanol–water partition coefficient (Wildman–Crippen LogP) is 4.38. The van der Waals surface area contributed by atoms with Crippen LogP contribution in [-0.2, 0) is 19.0 Å². The lowest BCUT2D eigenvalue weighted by molar-refractivity contribution is -0.144. The number of rotatable bonds is 10. The first-order valence-electron chi connectivity index (χ1n) is 8.52. The second-order valence-corrected chi connectivity index (χ2v) is 6.69. The first kappa shape index (κ1) is 19.2. The van der Waals surface area contributed by atoms with Gasteiger partial charge in [-0.25, -0.2) is 4.79 Å². The maximum atomic E-state index is 11.6. The van der Waals surface area contributed by atoms with Crippen LogP contribution in [0, 0.1) is 0 Å². The van der Waals surface area contributed by atoms with E-state index in [0.717, 1.165) is 44.9 Å². The van der Waals surface area contributed by atoms with Gasteiger partial charge in [0.2, 0.25) is 0 Å². The Hall–Kier alpha value is -0.870. The van der Waals surface area contributed by atoms with Gasteiger partial charge >= 0.3 is 5.97 Å². The standard InChI is InChI=1S/C18H32O4/c1-6-10-15(21-17(19)14(2)3)11-8-7-9-12-16-13-20-18(4,5)22-16/h15-16H,2,6-13H2,1,3-5H3. The molecule has 0 bridgehead atoms. The van der Waals surface area contributed by atoms with E-state index in [0.29, 0.717) is 12.2 Å². The fourth-order valence-corrected chi connectivity index (χ4v) is 2.66. The molecule has 0 amide bonds. The van der Waals surface area contributed by atoms with Gasteiger partial charge in [0.25, 0.3) is 0 Å². The average molecular weight is 312 g/mol. The number of unbranched alkanes of at least 4 members (excludes halogenated alkanes) is 2. The van der Waals surface area contributed by atoms with Gasteiger partial charge in [0, 0.05) is 5.57 Å². The van der Waals surface area contributed by atoms with Crippen LogP contribution < -0.4 is 0 Å². The van der Waals surface area contributed by atoms with E-state index in [1.165, 1.54) is 0 Å². The van der Waals surface area contributed by atoms with Gasteiger partial charge in [0.05, 0.1) is 12.7 Å². The zero-order valence-corrected chi connectivity index (χ0v) is 14.7. The smallest absolute Gasteiger partial charge is 0.333 e. The lowest BCUT2D eigenvalue weighted by Crippen LogP contribution is -2.21. The quantitative estimate of drug-likeness (QED) is 0.341. The van der Waals surface area contributed by atoms with E-state index in [1.807, 2.05) is 13.8 Å². The highest BCUT2D eigenvalue weighted by Gasteiger charge is 2.31. The van der Waals surface area contributed by atoms with Gasteiger partial charge in [-0.15, -0.1) is 0 Å². The molecule has 0 aromatic carbocycles. The van der Waals surface area contributed by atoms with Crippen LogP contribution in [0.3, 0.4) is 0 Å². The highest BCUT2D eigenvalue weighted by molar-refractivity contribution is 5.87. The number of carbonyl (C=O) groups excluding carboxylic acids is 1. The van der Waals surface area contributed by atoms with Crippen LogP contribution in [0.15, 0.2) is 12.2 Å². The highest BCUT2D eigenvalue weighted by Crippen LogP contribution is 2.25. The molecule has 1 saturated heterocycles. The molecule has 0 aliphatic carbocycles. The van der Waals surface area contributed by atoms with Gasteiger partial charge in [-0.05, 0) is 46.5 Å². The van der Waals surface area contributed by atoms with Crippen LogP contribution in [0.1, 0.15) is 72.6 Å². The van der Waals surface area contributed by atoms with Gasteiger partial charge in [-0.1, -0.05) is 32.8 Å².